The molecule has 16 heteroatoms. The minimum Gasteiger partial charge on any atom is -0.871 e. The summed E-state index contributed by atoms with van der Waals surface area (Å²) in [7, 11) is -4.69. The van der Waals surface area contributed by atoms with Crippen LogP contribution in [0.5, 0.6) is 5.75 Å². The molecule has 0 saturated carbocycles. The van der Waals surface area contributed by atoms with Crippen molar-refractivity contribution >= 4 is 35.7 Å². The Morgan fingerprint density at radius 2 is 2.00 bits per heavy atom. The number of rotatable bonds is 8. The first-order chi connectivity index (χ1) is 17.3. The Morgan fingerprint density at radius 3 is 2.78 bits per heavy atom. The Hall–Kier alpha value is -2.23. The molecule has 37 heavy (non-hydrogen) atoms. The molecule has 4 heterocycles. The van der Waals surface area contributed by atoms with Gasteiger partial charge in [0.05, 0.1) is 25.1 Å². The molecule has 0 amide bonds. The van der Waals surface area contributed by atoms with Crippen LogP contribution < -0.4 is 40.4 Å². The topological polar surface area (TPSA) is 211 Å². The quantitative estimate of drug-likeness (QED) is 0.130. The molecule has 1 aromatic carbocycles. The molecule has 3 aromatic heterocycles. The summed E-state index contributed by atoms with van der Waals surface area (Å²) < 4.78 is 29.9. The van der Waals surface area contributed by atoms with Gasteiger partial charge in [0.15, 0.2) is 17.7 Å². The number of hydrogen-bond donors (Lipinski definition) is 4. The normalized spacial score (nSPS) is 23.2. The molecule has 1 aliphatic rings. The van der Waals surface area contributed by atoms with Gasteiger partial charge in [-0.05, 0) is 11.5 Å². The number of fused-ring (bicyclic) bond motifs is 2. The van der Waals surface area contributed by atoms with E-state index in [0.717, 1.165) is 0 Å². The number of phosphoric ester groups is 1. The molecule has 1 fully saturated rings. The zero-order chi connectivity index (χ0) is 25.4. The van der Waals surface area contributed by atoms with Gasteiger partial charge in [-0.2, -0.15) is 0 Å². The van der Waals surface area contributed by atoms with Crippen molar-refractivity contribution in [2.75, 3.05) is 18.9 Å². The summed E-state index contributed by atoms with van der Waals surface area (Å²) in [5.74, 6) is -0.107. The minimum atomic E-state index is -4.69. The van der Waals surface area contributed by atoms with Crippen molar-refractivity contribution in [2.45, 2.75) is 31.0 Å². The van der Waals surface area contributed by atoms with Crippen molar-refractivity contribution in [2.24, 2.45) is 0 Å². The van der Waals surface area contributed by atoms with Gasteiger partial charge in [-0.15, -0.1) is 0 Å². The monoisotopic (exact) mass is 540 g/mol. The van der Waals surface area contributed by atoms with Gasteiger partial charge in [0.25, 0.3) is 0 Å². The molecule has 1 saturated heterocycles. The van der Waals surface area contributed by atoms with Crippen molar-refractivity contribution in [3.63, 3.8) is 0 Å². The Labute approximate surface area is 232 Å². The third-order valence-corrected chi connectivity index (χ3v) is 6.78. The Kier molecular flexibility index (Phi) is 8.45. The van der Waals surface area contributed by atoms with Crippen LogP contribution in [0.2, 0.25) is 0 Å². The van der Waals surface area contributed by atoms with Crippen LogP contribution in [0.1, 0.15) is 11.9 Å². The Bertz CT molecular complexity index is 1460. The fourth-order valence-electron chi connectivity index (χ4n) is 4.03. The van der Waals surface area contributed by atoms with Gasteiger partial charge in [0.1, 0.15) is 30.2 Å². The largest absolute Gasteiger partial charge is 1.00 e. The minimum absolute atomic E-state index is 0. The van der Waals surface area contributed by atoms with Crippen LogP contribution in [0.15, 0.2) is 43.0 Å². The smallest absolute Gasteiger partial charge is 0.871 e. The van der Waals surface area contributed by atoms with E-state index in [1.54, 1.807) is 24.3 Å². The number of phosphoric acid groups is 1. The number of benzene rings is 1. The molecule has 1 unspecified atom stereocenters. The fraction of sp³-hybridized carbons (Fsp3) is 0.333. The molecule has 4 aromatic rings. The molecule has 5 atom stereocenters. The molecule has 0 aliphatic carbocycles. The van der Waals surface area contributed by atoms with E-state index in [0.29, 0.717) is 16.6 Å². The van der Waals surface area contributed by atoms with E-state index in [1.807, 2.05) is 0 Å². The summed E-state index contributed by atoms with van der Waals surface area (Å²) in [4.78, 5) is 26.6. The van der Waals surface area contributed by atoms with Crippen LogP contribution in [0.3, 0.4) is 0 Å². The maximum absolute atomic E-state index is 12.6. The van der Waals surface area contributed by atoms with E-state index in [1.165, 1.54) is 23.3 Å². The number of hydrogen-bond acceptors (Lipinski definition) is 12. The number of nitrogens with two attached hydrogens (primary N) is 1. The maximum Gasteiger partial charge on any atom is 1.00 e. The van der Waals surface area contributed by atoms with Gasteiger partial charge in [0, 0.05) is 12.1 Å². The summed E-state index contributed by atoms with van der Waals surface area (Å²) in [5.41, 5.74) is 7.10. The summed E-state index contributed by atoms with van der Waals surface area (Å²) in [5, 5.41) is 33.2. The number of nitrogens with zero attached hydrogens (tertiary/aromatic N) is 5. The van der Waals surface area contributed by atoms with Gasteiger partial charge in [-0.1, -0.05) is 30.0 Å². The van der Waals surface area contributed by atoms with Crippen LogP contribution >= 0.6 is 7.82 Å². The molecule has 14 nitrogen and oxygen atoms in total. The second kappa shape index (κ2) is 11.3. The van der Waals surface area contributed by atoms with Crippen LogP contribution in [-0.4, -0.2) is 71.1 Å². The number of para-hydroxylation sites is 1. The molecule has 0 bridgehead atoms. The van der Waals surface area contributed by atoms with Crippen molar-refractivity contribution in [1.82, 2.24) is 24.5 Å². The number of imidazole rings is 1. The van der Waals surface area contributed by atoms with E-state index in [2.05, 4.69) is 19.9 Å². The number of aliphatic hydroxyl groups is 2. The van der Waals surface area contributed by atoms with Crippen molar-refractivity contribution in [3.05, 3.63) is 48.7 Å². The van der Waals surface area contributed by atoms with Gasteiger partial charge < -0.3 is 30.7 Å². The molecule has 0 radical (unpaired) electrons. The molecule has 0 spiro atoms. The molecule has 190 valence electrons. The third-order valence-electron chi connectivity index (χ3n) is 5.76. The van der Waals surface area contributed by atoms with Gasteiger partial charge in [-0.3, -0.25) is 18.6 Å². The van der Waals surface area contributed by atoms with Gasteiger partial charge >= 0.3 is 37.4 Å². The summed E-state index contributed by atoms with van der Waals surface area (Å²) in [6, 6.07) is 8.21. The molecular weight excluding hydrogens is 518 g/mol. The molecular formula is C21H22N6NaO8P. The van der Waals surface area contributed by atoms with E-state index in [-0.39, 0.29) is 65.3 Å². The second-order valence-corrected chi connectivity index (χ2v) is 9.48. The summed E-state index contributed by atoms with van der Waals surface area (Å²) in [6.45, 7) is -0.868. The average molecular weight is 540 g/mol. The first-order valence-electron chi connectivity index (χ1n) is 10.9. The number of anilines is 1. The van der Waals surface area contributed by atoms with Crippen LogP contribution in [-0.2, 0) is 24.8 Å². The predicted molar refractivity (Wildman–Crippen MR) is 122 cm³/mol. The summed E-state index contributed by atoms with van der Waals surface area (Å²) in [6.07, 6.45) is -2.54. The Balaban J connectivity index is 0.00000320. The average Bonchev–Trinajstić information content (AvgIpc) is 3.41. The molecule has 1 aliphatic heterocycles. The predicted octanol–water partition coefficient (Wildman–Crippen LogP) is -2.97. The van der Waals surface area contributed by atoms with Crippen LogP contribution in [0.25, 0.3) is 22.1 Å². The van der Waals surface area contributed by atoms with E-state index in [4.69, 9.17) is 19.5 Å². The Morgan fingerprint density at radius 1 is 1.19 bits per heavy atom. The zero-order valence-electron chi connectivity index (χ0n) is 19.6. The van der Waals surface area contributed by atoms with Crippen molar-refractivity contribution in [1.29, 1.82) is 0 Å². The molecule has 5 rings (SSSR count). The third kappa shape index (κ3) is 5.64. The van der Waals surface area contributed by atoms with Crippen molar-refractivity contribution < 1.29 is 68.1 Å². The number of aromatic nitrogens is 5. The fourth-order valence-corrected chi connectivity index (χ4v) is 4.98. The zero-order valence-corrected chi connectivity index (χ0v) is 22.5. The summed E-state index contributed by atoms with van der Waals surface area (Å²) >= 11 is 0. The van der Waals surface area contributed by atoms with Crippen molar-refractivity contribution in [3.8, 4) is 5.75 Å². The first-order valence-corrected chi connectivity index (χ1v) is 12.4. The van der Waals surface area contributed by atoms with Gasteiger partial charge in [-0.25, -0.2) is 19.5 Å². The number of ether oxygens (including phenoxy) is 1. The number of nitrogen functional groups attached to an aromatic ring is 1. The van der Waals surface area contributed by atoms with E-state index < -0.39 is 39.0 Å². The van der Waals surface area contributed by atoms with E-state index in [9.17, 15) is 24.8 Å². The van der Waals surface area contributed by atoms with Gasteiger partial charge in [0.2, 0.25) is 0 Å². The second-order valence-electron chi connectivity index (χ2n) is 8.07. The van der Waals surface area contributed by atoms with E-state index >= 15 is 0 Å². The SMILES string of the molecule is Nc1ncnc2c1ncn2[C@@H]1O[C@H](CO)[C@@H](OP(=O)(O)OCCc2ccc3cccc([O-])c3n2)[C@H]1O.[Na+]. The number of pyridine rings is 1. The van der Waals surface area contributed by atoms with Crippen LogP contribution in [0, 0.1) is 0 Å². The maximum atomic E-state index is 12.6. The number of aliphatic hydroxyl groups excluding tert-OH is 2. The standard InChI is InChI=1S/C21H23N6O8P.Na/c22-19-16-20(24-9-23-19)27(10-25-16)21-17(30)18(14(8-28)34-21)35-36(31,32)33-7-6-12-5-4-11-2-1-3-13(29)15(11)26-12;/h1-5,9-10,14,17-18,21,28-30H,6-8H2,(H,31,32)(H2,22,23,24);/q;+1/p-1/t14-,17-,18-,21-;/m1./s1. The first kappa shape index (κ1) is 27.8. The van der Waals surface area contributed by atoms with Crippen LogP contribution in [0.4, 0.5) is 5.82 Å². The molecule has 5 N–H and O–H groups in total.